The molecule has 3 aromatic rings. The lowest BCUT2D eigenvalue weighted by Crippen LogP contribution is -2.19. The molecule has 0 spiro atoms. The molecule has 27 heavy (non-hydrogen) atoms. The van der Waals surface area contributed by atoms with Crippen molar-refractivity contribution in [3.8, 4) is 0 Å². The first-order valence-corrected chi connectivity index (χ1v) is 9.55. The van der Waals surface area contributed by atoms with Gasteiger partial charge in [0.2, 0.25) is 0 Å². The standard InChI is InChI=1S/C14H15NO.C10H8O/c16-10-13-8-12-6-1-2-7-14(12)15(13)9-11-4-3-5-11;11-7-8-5-9-3-1-2-4-10(9)6-8/h1-2,6-8,10-11H,3-5,9H2;1-5,7H,6H2. The van der Waals surface area contributed by atoms with Crippen molar-refractivity contribution in [3.63, 3.8) is 0 Å². The van der Waals surface area contributed by atoms with Gasteiger partial charge in [-0.2, -0.15) is 0 Å². The number of hydrogen-bond acceptors (Lipinski definition) is 2. The highest BCUT2D eigenvalue weighted by molar-refractivity contribution is 5.89. The molecule has 0 N–H and O–H groups in total. The van der Waals surface area contributed by atoms with Crippen molar-refractivity contribution in [2.75, 3.05) is 0 Å². The van der Waals surface area contributed by atoms with E-state index in [0.29, 0.717) is 0 Å². The highest BCUT2D eigenvalue weighted by Gasteiger charge is 2.20. The van der Waals surface area contributed by atoms with Crippen LogP contribution < -0.4 is 0 Å². The van der Waals surface area contributed by atoms with Crippen LogP contribution in [0.5, 0.6) is 0 Å². The molecule has 0 aliphatic heterocycles. The number of carbonyl (C=O) groups excluding carboxylic acids is 2. The summed E-state index contributed by atoms with van der Waals surface area (Å²) in [7, 11) is 0. The number of carbonyl (C=O) groups is 2. The third-order valence-electron chi connectivity index (χ3n) is 5.57. The van der Waals surface area contributed by atoms with Crippen molar-refractivity contribution in [1.29, 1.82) is 0 Å². The second-order valence-corrected chi connectivity index (χ2v) is 7.37. The fourth-order valence-electron chi connectivity index (χ4n) is 3.85. The molecule has 0 atom stereocenters. The van der Waals surface area contributed by atoms with E-state index in [1.165, 1.54) is 41.3 Å². The Hall–Kier alpha value is -2.94. The van der Waals surface area contributed by atoms with Crippen molar-refractivity contribution in [2.45, 2.75) is 32.2 Å². The van der Waals surface area contributed by atoms with Crippen LogP contribution in [0.25, 0.3) is 17.0 Å². The van der Waals surface area contributed by atoms with Gasteiger partial charge in [0.15, 0.2) is 6.29 Å². The maximum absolute atomic E-state index is 11.1. The van der Waals surface area contributed by atoms with Gasteiger partial charge in [0.1, 0.15) is 6.29 Å². The number of nitrogens with zero attached hydrogens (tertiary/aromatic N) is 1. The Morgan fingerprint density at radius 3 is 2.44 bits per heavy atom. The minimum absolute atomic E-state index is 0.773. The van der Waals surface area contributed by atoms with E-state index < -0.39 is 0 Å². The van der Waals surface area contributed by atoms with Crippen LogP contribution in [0.4, 0.5) is 0 Å². The Morgan fingerprint density at radius 1 is 0.963 bits per heavy atom. The summed E-state index contributed by atoms with van der Waals surface area (Å²) in [5.41, 5.74) is 5.33. The van der Waals surface area contributed by atoms with Gasteiger partial charge in [0.05, 0.1) is 5.69 Å². The van der Waals surface area contributed by atoms with Crippen molar-refractivity contribution in [1.82, 2.24) is 4.57 Å². The van der Waals surface area contributed by atoms with Crippen LogP contribution in [0.1, 0.15) is 40.9 Å². The maximum atomic E-state index is 11.1. The lowest BCUT2D eigenvalue weighted by Gasteiger charge is -2.26. The predicted molar refractivity (Wildman–Crippen MR) is 109 cm³/mol. The van der Waals surface area contributed by atoms with E-state index in [0.717, 1.165) is 42.7 Å². The second-order valence-electron chi connectivity index (χ2n) is 7.37. The quantitative estimate of drug-likeness (QED) is 0.611. The van der Waals surface area contributed by atoms with Crippen molar-refractivity contribution >= 4 is 29.6 Å². The number of hydrogen-bond donors (Lipinski definition) is 0. The van der Waals surface area contributed by atoms with E-state index in [1.807, 2.05) is 42.5 Å². The number of rotatable bonds is 4. The van der Waals surface area contributed by atoms with Crippen molar-refractivity contribution < 1.29 is 9.59 Å². The lowest BCUT2D eigenvalue weighted by molar-refractivity contribution is -0.104. The van der Waals surface area contributed by atoms with Crippen LogP contribution in [-0.4, -0.2) is 17.1 Å². The fourth-order valence-corrected chi connectivity index (χ4v) is 3.85. The molecular formula is C24H23NO2. The molecule has 0 radical (unpaired) electrons. The first-order chi connectivity index (χ1) is 13.3. The number of fused-ring (bicyclic) bond motifs is 2. The van der Waals surface area contributed by atoms with Gasteiger partial charge in [-0.25, -0.2) is 0 Å². The van der Waals surface area contributed by atoms with Gasteiger partial charge in [0, 0.05) is 23.9 Å². The summed E-state index contributed by atoms with van der Waals surface area (Å²) in [5.74, 6) is 0.773. The molecule has 136 valence electrons. The Balaban J connectivity index is 0.000000143. The number of para-hydroxylation sites is 1. The van der Waals surface area contributed by atoms with E-state index in [-0.39, 0.29) is 0 Å². The molecule has 0 bridgehead atoms. The zero-order valence-corrected chi connectivity index (χ0v) is 15.3. The topological polar surface area (TPSA) is 39.1 Å². The zero-order valence-electron chi connectivity index (χ0n) is 15.3. The SMILES string of the molecule is O=CC1=Cc2ccccc2C1.O=Cc1cc2ccccc2n1CC1CCC1. The van der Waals surface area contributed by atoms with Crippen LogP contribution >= 0.6 is 0 Å². The lowest BCUT2D eigenvalue weighted by atomic mass is 9.85. The largest absolute Gasteiger partial charge is 0.338 e. The highest BCUT2D eigenvalue weighted by atomic mass is 16.1. The van der Waals surface area contributed by atoms with Crippen LogP contribution in [0.2, 0.25) is 0 Å². The van der Waals surface area contributed by atoms with Gasteiger partial charge >= 0.3 is 0 Å². The molecule has 2 aliphatic carbocycles. The van der Waals surface area contributed by atoms with E-state index in [9.17, 15) is 9.59 Å². The Kier molecular flexibility index (Phi) is 5.01. The molecule has 3 heteroatoms. The predicted octanol–water partition coefficient (Wildman–Crippen LogP) is 5.08. The van der Waals surface area contributed by atoms with Gasteiger partial charge in [0.25, 0.3) is 0 Å². The molecule has 0 saturated heterocycles. The molecule has 1 heterocycles. The Labute approximate surface area is 159 Å². The van der Waals surface area contributed by atoms with Crippen molar-refractivity contribution in [2.24, 2.45) is 5.92 Å². The number of allylic oxidation sites excluding steroid dienone is 1. The second kappa shape index (κ2) is 7.75. The summed E-state index contributed by atoms with van der Waals surface area (Å²) in [6.45, 7) is 1.00. The van der Waals surface area contributed by atoms with Gasteiger partial charge < -0.3 is 4.57 Å². The van der Waals surface area contributed by atoms with Crippen LogP contribution in [-0.2, 0) is 17.8 Å². The summed E-state index contributed by atoms with van der Waals surface area (Å²) in [6, 6.07) is 18.3. The molecule has 2 aliphatic rings. The summed E-state index contributed by atoms with van der Waals surface area (Å²) in [4.78, 5) is 21.5. The van der Waals surface area contributed by atoms with Crippen LogP contribution in [0, 0.1) is 5.92 Å². The van der Waals surface area contributed by atoms with E-state index >= 15 is 0 Å². The molecule has 0 amide bonds. The normalized spacial score (nSPS) is 15.3. The summed E-state index contributed by atoms with van der Waals surface area (Å²) in [5, 5.41) is 1.17. The molecule has 1 saturated carbocycles. The molecule has 2 aromatic carbocycles. The molecule has 3 nitrogen and oxygen atoms in total. The van der Waals surface area contributed by atoms with E-state index in [4.69, 9.17) is 0 Å². The molecule has 1 aromatic heterocycles. The van der Waals surface area contributed by atoms with E-state index in [1.54, 1.807) is 0 Å². The number of aromatic nitrogens is 1. The fraction of sp³-hybridized carbons (Fsp3) is 0.250. The zero-order chi connectivity index (χ0) is 18.6. The maximum Gasteiger partial charge on any atom is 0.166 e. The molecular weight excluding hydrogens is 334 g/mol. The van der Waals surface area contributed by atoms with E-state index in [2.05, 4.69) is 22.8 Å². The average molecular weight is 357 g/mol. The summed E-state index contributed by atoms with van der Waals surface area (Å²) in [6.07, 6.45) is 8.62. The van der Waals surface area contributed by atoms with Gasteiger partial charge in [-0.05, 0) is 53.7 Å². The minimum atomic E-state index is 0.773. The number of aldehydes is 2. The Morgan fingerprint density at radius 2 is 1.74 bits per heavy atom. The number of benzene rings is 2. The van der Waals surface area contributed by atoms with Gasteiger partial charge in [-0.3, -0.25) is 9.59 Å². The van der Waals surface area contributed by atoms with Gasteiger partial charge in [-0.15, -0.1) is 0 Å². The average Bonchev–Trinajstić information content (AvgIpc) is 3.26. The van der Waals surface area contributed by atoms with Crippen LogP contribution in [0.15, 0.2) is 60.2 Å². The smallest absolute Gasteiger partial charge is 0.166 e. The highest BCUT2D eigenvalue weighted by Crippen LogP contribution is 2.30. The third-order valence-corrected chi connectivity index (χ3v) is 5.57. The Bertz CT molecular complexity index is 1010. The third kappa shape index (κ3) is 3.63. The summed E-state index contributed by atoms with van der Waals surface area (Å²) < 4.78 is 2.17. The minimum Gasteiger partial charge on any atom is -0.338 e. The first kappa shape index (κ1) is 17.5. The molecule has 0 unspecified atom stereocenters. The van der Waals surface area contributed by atoms with Crippen molar-refractivity contribution in [3.05, 3.63) is 77.0 Å². The van der Waals surface area contributed by atoms with Crippen LogP contribution in [0.3, 0.4) is 0 Å². The molecule has 1 fully saturated rings. The summed E-state index contributed by atoms with van der Waals surface area (Å²) >= 11 is 0. The monoisotopic (exact) mass is 357 g/mol. The van der Waals surface area contributed by atoms with Gasteiger partial charge in [-0.1, -0.05) is 48.9 Å². The first-order valence-electron chi connectivity index (χ1n) is 9.55. The molecule has 5 rings (SSSR count).